The number of carbonyl (C=O) groups is 5. The average Bonchev–Trinajstić information content (AvgIpc) is 3.79. The molecule has 0 spiro atoms. The number of amides is 5. The lowest BCUT2D eigenvalue weighted by Gasteiger charge is -2.37. The number of rotatable bonds is 20. The van der Waals surface area contributed by atoms with E-state index in [4.69, 9.17) is 4.74 Å². The maximum atomic E-state index is 14.7. The summed E-state index contributed by atoms with van der Waals surface area (Å²) in [6.45, 7) is 4.38. The van der Waals surface area contributed by atoms with Crippen LogP contribution in [0.5, 0.6) is 0 Å². The van der Waals surface area contributed by atoms with E-state index in [1.807, 2.05) is 184 Å². The number of hydrogen-bond acceptors (Lipinski definition) is 6. The fourth-order valence-corrected chi connectivity index (χ4v) is 9.08. The number of fused-ring (bicyclic) bond motifs is 1. The van der Waals surface area contributed by atoms with Gasteiger partial charge in [0.25, 0.3) is 5.91 Å². The SMILES string of the molecule is CC(C)C[C@H](NC(=O)OCc1ccccc1)C(=O)N[C@@H](Cc1ccccc1)C(=O)N[C@H](/C=C/C(=O)N1CCc2cc(Br)ccc21)CCC(=O)NC(c1ccccc1)(c1ccccc1)c1ccccc1. The van der Waals surface area contributed by atoms with Gasteiger partial charge in [0.2, 0.25) is 17.7 Å². The Kier molecular flexibility index (Phi) is 17.3. The molecule has 12 heteroatoms. The second-order valence-electron chi connectivity index (χ2n) is 17.6. The highest BCUT2D eigenvalue weighted by molar-refractivity contribution is 9.10. The summed E-state index contributed by atoms with van der Waals surface area (Å²) >= 11 is 3.53. The Morgan fingerprint density at radius 1 is 0.667 bits per heavy atom. The van der Waals surface area contributed by atoms with Crippen LogP contribution < -0.4 is 26.2 Å². The molecule has 3 atom stereocenters. The van der Waals surface area contributed by atoms with Crippen molar-refractivity contribution in [2.24, 2.45) is 5.92 Å². The van der Waals surface area contributed by atoms with E-state index in [9.17, 15) is 24.0 Å². The van der Waals surface area contributed by atoms with Crippen LogP contribution in [0.15, 0.2) is 186 Å². The zero-order valence-corrected chi connectivity index (χ0v) is 40.4. The van der Waals surface area contributed by atoms with Crippen molar-refractivity contribution in [3.63, 3.8) is 0 Å². The first-order chi connectivity index (χ1) is 33.5. The number of carbonyl (C=O) groups excluding carboxylic acids is 5. The van der Waals surface area contributed by atoms with Gasteiger partial charge < -0.3 is 30.9 Å². The van der Waals surface area contributed by atoms with Gasteiger partial charge in [0.05, 0.1) is 0 Å². The molecule has 0 unspecified atom stereocenters. The van der Waals surface area contributed by atoms with Crippen LogP contribution in [0, 0.1) is 5.92 Å². The van der Waals surface area contributed by atoms with Crippen LogP contribution in [0.1, 0.15) is 66.5 Å². The number of alkyl carbamates (subject to hydrolysis) is 1. The minimum Gasteiger partial charge on any atom is -0.445 e. The minimum atomic E-state index is -1.11. The Balaban J connectivity index is 1.15. The number of anilines is 1. The molecule has 5 amide bonds. The van der Waals surface area contributed by atoms with Gasteiger partial charge in [0, 0.05) is 41.7 Å². The normalized spacial score (nSPS) is 13.5. The molecule has 0 radical (unpaired) electrons. The van der Waals surface area contributed by atoms with E-state index in [0.29, 0.717) is 13.0 Å². The largest absolute Gasteiger partial charge is 0.445 e. The number of ether oxygens (including phenoxy) is 1. The van der Waals surface area contributed by atoms with Gasteiger partial charge in [-0.05, 0) is 76.8 Å². The molecular formula is C57H58BrN5O6. The summed E-state index contributed by atoms with van der Waals surface area (Å²) in [5.41, 5.74) is 4.94. The molecule has 354 valence electrons. The third-order valence-corrected chi connectivity index (χ3v) is 12.6. The second kappa shape index (κ2) is 24.1. The van der Waals surface area contributed by atoms with E-state index in [0.717, 1.165) is 43.5 Å². The van der Waals surface area contributed by atoms with Gasteiger partial charge >= 0.3 is 6.09 Å². The third kappa shape index (κ3) is 13.4. The highest BCUT2D eigenvalue weighted by Gasteiger charge is 2.38. The number of nitrogens with zero attached hydrogens (tertiary/aromatic N) is 1. The lowest BCUT2D eigenvalue weighted by Crippen LogP contribution is -2.56. The highest BCUT2D eigenvalue weighted by atomic mass is 79.9. The first-order valence-electron chi connectivity index (χ1n) is 23.4. The zero-order chi connectivity index (χ0) is 48.6. The van der Waals surface area contributed by atoms with Crippen molar-refractivity contribution in [1.29, 1.82) is 0 Å². The first kappa shape index (κ1) is 49.6. The Morgan fingerprint density at radius 3 is 1.77 bits per heavy atom. The fraction of sp³-hybridized carbons (Fsp3) is 0.246. The summed E-state index contributed by atoms with van der Waals surface area (Å²) in [6.07, 6.45) is 3.46. The van der Waals surface area contributed by atoms with Gasteiger partial charge in [-0.1, -0.05) is 188 Å². The quantitative estimate of drug-likeness (QED) is 0.0443. The van der Waals surface area contributed by atoms with Gasteiger partial charge in [0.1, 0.15) is 24.2 Å². The van der Waals surface area contributed by atoms with Crippen molar-refractivity contribution in [3.8, 4) is 0 Å². The predicted octanol–water partition coefficient (Wildman–Crippen LogP) is 9.34. The van der Waals surface area contributed by atoms with E-state index in [2.05, 4.69) is 37.2 Å². The van der Waals surface area contributed by atoms with Gasteiger partial charge in [-0.2, -0.15) is 0 Å². The van der Waals surface area contributed by atoms with Crippen molar-refractivity contribution in [1.82, 2.24) is 21.3 Å². The lowest BCUT2D eigenvalue weighted by atomic mass is 9.77. The topological polar surface area (TPSA) is 146 Å². The maximum Gasteiger partial charge on any atom is 0.408 e. The molecule has 1 aliphatic heterocycles. The molecule has 0 aliphatic carbocycles. The third-order valence-electron chi connectivity index (χ3n) is 12.1. The molecule has 0 fully saturated rings. The zero-order valence-electron chi connectivity index (χ0n) is 38.9. The summed E-state index contributed by atoms with van der Waals surface area (Å²) in [7, 11) is 0. The standard InChI is InChI=1S/C57H58BrN5O6/c1-40(2)36-49(61-56(68)69-39-42-20-10-4-11-21-42)55(67)60-50(37-41-18-8-3-9-19-41)54(66)59-48(30-33-53(65)63-35-34-43-38-47(58)28-31-51(43)63)29-32-52(64)62-57(44-22-12-5-13-23-44,45-24-14-6-15-25-45)46-26-16-7-17-27-46/h3-28,30-31,33,38,40,48-50H,29,32,34-37,39H2,1-2H3,(H,59,66)(H,60,67)(H,61,68)(H,62,64)/b33-30+/t48-,49-,50-/m0/s1. The molecule has 0 saturated heterocycles. The van der Waals surface area contributed by atoms with E-state index in [-0.39, 0.29) is 50.0 Å². The summed E-state index contributed by atoms with van der Waals surface area (Å²) in [5, 5.41) is 12.1. The molecule has 1 heterocycles. The lowest BCUT2D eigenvalue weighted by molar-refractivity contribution is -0.130. The van der Waals surface area contributed by atoms with Crippen LogP contribution in [0.2, 0.25) is 0 Å². The summed E-state index contributed by atoms with van der Waals surface area (Å²) in [4.78, 5) is 72.1. The number of halogens is 1. The Labute approximate surface area is 412 Å². The molecular weight excluding hydrogens is 931 g/mol. The van der Waals surface area contributed by atoms with E-state index >= 15 is 0 Å². The molecule has 1 aliphatic rings. The summed E-state index contributed by atoms with van der Waals surface area (Å²) in [6, 6.07) is 50.7. The van der Waals surface area contributed by atoms with Gasteiger partial charge in [-0.25, -0.2) is 4.79 Å². The van der Waals surface area contributed by atoms with Crippen molar-refractivity contribution >= 4 is 51.3 Å². The van der Waals surface area contributed by atoms with Crippen LogP contribution in [0.4, 0.5) is 10.5 Å². The van der Waals surface area contributed by atoms with Crippen LogP contribution in [0.25, 0.3) is 0 Å². The van der Waals surface area contributed by atoms with E-state index < -0.39 is 41.6 Å². The molecule has 69 heavy (non-hydrogen) atoms. The van der Waals surface area contributed by atoms with Crippen molar-refractivity contribution in [3.05, 3.63) is 220 Å². The number of nitrogens with one attached hydrogen (secondary N) is 4. The van der Waals surface area contributed by atoms with Gasteiger partial charge in [0.15, 0.2) is 0 Å². The first-order valence-corrected chi connectivity index (χ1v) is 24.2. The highest BCUT2D eigenvalue weighted by Crippen LogP contribution is 2.37. The molecule has 11 nitrogen and oxygen atoms in total. The fourth-order valence-electron chi connectivity index (χ4n) is 8.67. The molecule has 0 aromatic heterocycles. The molecule has 0 bridgehead atoms. The Bertz CT molecular complexity index is 2590. The average molecular weight is 989 g/mol. The van der Waals surface area contributed by atoms with Crippen molar-refractivity contribution in [2.45, 2.75) is 76.2 Å². The maximum absolute atomic E-state index is 14.7. The molecule has 4 N–H and O–H groups in total. The molecule has 7 rings (SSSR count). The smallest absolute Gasteiger partial charge is 0.408 e. The van der Waals surface area contributed by atoms with Crippen LogP contribution >= 0.6 is 15.9 Å². The number of hydrogen-bond donors (Lipinski definition) is 4. The predicted molar refractivity (Wildman–Crippen MR) is 273 cm³/mol. The van der Waals surface area contributed by atoms with Gasteiger partial charge in [-0.3, -0.25) is 19.2 Å². The summed E-state index contributed by atoms with van der Waals surface area (Å²) in [5.74, 6) is -1.65. The summed E-state index contributed by atoms with van der Waals surface area (Å²) < 4.78 is 6.39. The Hall–Kier alpha value is -7.31. The minimum absolute atomic E-state index is 0.00304. The van der Waals surface area contributed by atoms with Crippen molar-refractivity contribution < 1.29 is 28.7 Å². The molecule has 0 saturated carbocycles. The van der Waals surface area contributed by atoms with Crippen LogP contribution in [-0.4, -0.2) is 54.4 Å². The van der Waals surface area contributed by atoms with Crippen LogP contribution in [-0.2, 0) is 48.9 Å². The molecule has 6 aromatic rings. The Morgan fingerprint density at radius 2 is 1.20 bits per heavy atom. The molecule has 6 aromatic carbocycles. The van der Waals surface area contributed by atoms with E-state index in [1.165, 1.54) is 6.08 Å². The second-order valence-corrected chi connectivity index (χ2v) is 18.5. The monoisotopic (exact) mass is 987 g/mol. The number of benzene rings is 6. The van der Waals surface area contributed by atoms with Crippen molar-refractivity contribution in [2.75, 3.05) is 11.4 Å². The van der Waals surface area contributed by atoms with E-state index in [1.54, 1.807) is 11.0 Å². The van der Waals surface area contributed by atoms with Crippen LogP contribution in [0.3, 0.4) is 0 Å². The van der Waals surface area contributed by atoms with Gasteiger partial charge in [-0.15, -0.1) is 0 Å².